The third-order valence-corrected chi connectivity index (χ3v) is 4.80. The predicted octanol–water partition coefficient (Wildman–Crippen LogP) is 5.28. The number of carbonyl (C=O) groups is 2. The van der Waals surface area contributed by atoms with Crippen molar-refractivity contribution in [1.82, 2.24) is 0 Å². The summed E-state index contributed by atoms with van der Waals surface area (Å²) in [5.74, 6) is -0.641. The summed E-state index contributed by atoms with van der Waals surface area (Å²) in [6, 6.07) is 16.4. The summed E-state index contributed by atoms with van der Waals surface area (Å²) in [5.41, 5.74) is 2.39. The first-order valence-corrected chi connectivity index (χ1v) is 9.06. The zero-order valence-electron chi connectivity index (χ0n) is 15.9. The molecule has 0 atom stereocenters. The molecule has 0 unspecified atom stereocenters. The average molecular weight is 388 g/mol. The largest absolute Gasteiger partial charge is 0.452 e. The Balaban J connectivity index is 1.64. The third kappa shape index (κ3) is 3.43. The number of hydrogen-bond acceptors (Lipinski definition) is 4. The fourth-order valence-electron chi connectivity index (χ4n) is 3.17. The van der Waals surface area contributed by atoms with Gasteiger partial charge < -0.3 is 9.47 Å². The number of allylic oxidation sites excluding steroid dienone is 1. The lowest BCUT2D eigenvalue weighted by atomic mass is 10.1. The smallest absolute Gasteiger partial charge is 0.343 e. The lowest BCUT2D eigenvalue weighted by Crippen LogP contribution is -2.11. The summed E-state index contributed by atoms with van der Waals surface area (Å²) in [7, 11) is 0. The molecule has 4 nitrogen and oxygen atoms in total. The van der Waals surface area contributed by atoms with Crippen molar-refractivity contribution >= 4 is 17.8 Å². The molecule has 1 heterocycles. The molecule has 0 spiro atoms. The average Bonchev–Trinajstić information content (AvgIpc) is 3.02. The number of esters is 1. The molecule has 1 aliphatic rings. The van der Waals surface area contributed by atoms with Crippen LogP contribution in [-0.2, 0) is 0 Å². The molecule has 29 heavy (non-hydrogen) atoms. The molecule has 0 aliphatic carbocycles. The van der Waals surface area contributed by atoms with E-state index in [4.69, 9.17) is 9.47 Å². The van der Waals surface area contributed by atoms with Crippen LogP contribution in [-0.4, -0.2) is 11.8 Å². The number of ketones is 1. The van der Waals surface area contributed by atoms with Crippen molar-refractivity contribution in [2.75, 3.05) is 0 Å². The van der Waals surface area contributed by atoms with Crippen LogP contribution < -0.4 is 9.47 Å². The van der Waals surface area contributed by atoms with Gasteiger partial charge in [0, 0.05) is 11.1 Å². The van der Waals surface area contributed by atoms with Gasteiger partial charge in [-0.15, -0.1) is 0 Å². The molecule has 0 bridgehead atoms. The summed E-state index contributed by atoms with van der Waals surface area (Å²) < 4.78 is 25.2. The van der Waals surface area contributed by atoms with Gasteiger partial charge in [-0.25, -0.2) is 9.18 Å². The van der Waals surface area contributed by atoms with E-state index in [1.807, 2.05) is 19.1 Å². The second-order valence-electron chi connectivity index (χ2n) is 6.73. The van der Waals surface area contributed by atoms with Crippen LogP contribution in [0.25, 0.3) is 6.08 Å². The number of halogens is 1. The normalized spacial score (nSPS) is 13.9. The highest BCUT2D eigenvalue weighted by Crippen LogP contribution is 2.39. The van der Waals surface area contributed by atoms with Gasteiger partial charge in [-0.1, -0.05) is 36.4 Å². The molecule has 0 radical (unpaired) electrons. The second-order valence-corrected chi connectivity index (χ2v) is 6.73. The Morgan fingerprint density at radius 3 is 2.48 bits per heavy atom. The fourth-order valence-corrected chi connectivity index (χ4v) is 3.17. The van der Waals surface area contributed by atoms with E-state index < -0.39 is 11.8 Å². The summed E-state index contributed by atoms with van der Waals surface area (Å²) in [5, 5.41) is 0. The lowest BCUT2D eigenvalue weighted by Gasteiger charge is -2.11. The van der Waals surface area contributed by atoms with Crippen LogP contribution in [0.3, 0.4) is 0 Å². The maximum absolute atomic E-state index is 13.9. The van der Waals surface area contributed by atoms with Gasteiger partial charge in [0.05, 0.1) is 11.1 Å². The van der Waals surface area contributed by atoms with Crippen LogP contribution >= 0.6 is 0 Å². The Morgan fingerprint density at radius 2 is 1.72 bits per heavy atom. The van der Waals surface area contributed by atoms with Crippen molar-refractivity contribution in [3.8, 4) is 11.5 Å². The topological polar surface area (TPSA) is 52.6 Å². The van der Waals surface area contributed by atoms with Crippen molar-refractivity contribution in [3.63, 3.8) is 0 Å². The number of carbonyl (C=O) groups excluding carboxylic acids is 2. The van der Waals surface area contributed by atoms with E-state index in [9.17, 15) is 14.0 Å². The van der Waals surface area contributed by atoms with Gasteiger partial charge in [-0.2, -0.15) is 0 Å². The number of hydrogen-bond donors (Lipinski definition) is 0. The first-order chi connectivity index (χ1) is 14.0. The SMILES string of the molecule is Cc1ccccc1C(=O)Oc1ccc2c(c1C)O/C(=C\c1ccccc1F)C2=O. The van der Waals surface area contributed by atoms with Crippen LogP contribution in [0.1, 0.15) is 37.4 Å². The van der Waals surface area contributed by atoms with E-state index in [0.717, 1.165) is 5.56 Å². The molecule has 3 aromatic rings. The van der Waals surface area contributed by atoms with Crippen LogP contribution in [0.5, 0.6) is 11.5 Å². The highest BCUT2D eigenvalue weighted by Gasteiger charge is 2.31. The van der Waals surface area contributed by atoms with E-state index in [2.05, 4.69) is 0 Å². The highest BCUT2D eigenvalue weighted by atomic mass is 19.1. The minimum Gasteiger partial charge on any atom is -0.452 e. The van der Waals surface area contributed by atoms with Crippen molar-refractivity contribution in [2.45, 2.75) is 13.8 Å². The van der Waals surface area contributed by atoms with Gasteiger partial charge in [0.1, 0.15) is 17.3 Å². The molecule has 3 aromatic carbocycles. The van der Waals surface area contributed by atoms with Gasteiger partial charge >= 0.3 is 5.97 Å². The Labute approximate surface area is 167 Å². The van der Waals surface area contributed by atoms with Gasteiger partial charge in [-0.05, 0) is 49.8 Å². The molecule has 0 aromatic heterocycles. The minimum absolute atomic E-state index is 0.0237. The fraction of sp³-hybridized carbons (Fsp3) is 0.0833. The van der Waals surface area contributed by atoms with Crippen molar-refractivity contribution in [1.29, 1.82) is 0 Å². The monoisotopic (exact) mass is 388 g/mol. The van der Waals surface area contributed by atoms with Gasteiger partial charge in [0.15, 0.2) is 5.76 Å². The number of Topliss-reactive ketones (excluding diaryl/α,β-unsaturated/α-hetero) is 1. The van der Waals surface area contributed by atoms with Crippen molar-refractivity contribution in [2.24, 2.45) is 0 Å². The van der Waals surface area contributed by atoms with Gasteiger partial charge in [-0.3, -0.25) is 4.79 Å². The molecule has 144 valence electrons. The van der Waals surface area contributed by atoms with Crippen molar-refractivity contribution < 1.29 is 23.5 Å². The van der Waals surface area contributed by atoms with E-state index in [-0.39, 0.29) is 17.1 Å². The minimum atomic E-state index is -0.488. The van der Waals surface area contributed by atoms with Crippen LogP contribution in [0.4, 0.5) is 4.39 Å². The maximum Gasteiger partial charge on any atom is 0.343 e. The Hall–Kier alpha value is -3.73. The van der Waals surface area contributed by atoms with Gasteiger partial charge in [0.25, 0.3) is 0 Å². The quantitative estimate of drug-likeness (QED) is 0.348. The second kappa shape index (κ2) is 7.36. The highest BCUT2D eigenvalue weighted by molar-refractivity contribution is 6.15. The van der Waals surface area contributed by atoms with E-state index in [1.54, 1.807) is 49.4 Å². The molecule has 1 aliphatic heterocycles. The summed E-state index contributed by atoms with van der Waals surface area (Å²) >= 11 is 0. The summed E-state index contributed by atoms with van der Waals surface area (Å²) in [4.78, 5) is 25.2. The maximum atomic E-state index is 13.9. The Bertz CT molecular complexity index is 1180. The van der Waals surface area contributed by atoms with Crippen LogP contribution in [0.2, 0.25) is 0 Å². The Kier molecular flexibility index (Phi) is 4.72. The first kappa shape index (κ1) is 18.6. The molecular formula is C24H17FO4. The molecule has 5 heteroatoms. The van der Waals surface area contributed by atoms with E-state index >= 15 is 0 Å². The molecular weight excluding hydrogens is 371 g/mol. The predicted molar refractivity (Wildman–Crippen MR) is 107 cm³/mol. The molecule has 0 saturated heterocycles. The third-order valence-electron chi connectivity index (χ3n) is 4.80. The number of aryl methyl sites for hydroxylation is 1. The zero-order chi connectivity index (χ0) is 20.5. The number of rotatable bonds is 3. The molecule has 0 fully saturated rings. The zero-order valence-corrected chi connectivity index (χ0v) is 15.9. The number of benzene rings is 3. The standard InChI is InChI=1S/C24H17FO4/c1-14-7-3-5-9-17(14)24(27)29-20-12-11-18-22(26)21(28-23(18)15(20)2)13-16-8-4-6-10-19(16)25/h3-13H,1-2H3/b21-13-. The summed E-state index contributed by atoms with van der Waals surface area (Å²) in [6.07, 6.45) is 1.37. The van der Waals surface area contributed by atoms with Crippen LogP contribution in [0.15, 0.2) is 66.4 Å². The lowest BCUT2D eigenvalue weighted by molar-refractivity contribution is 0.0732. The molecule has 0 saturated carbocycles. The number of fused-ring (bicyclic) bond motifs is 1. The van der Waals surface area contributed by atoms with Crippen molar-refractivity contribution in [3.05, 3.63) is 100 Å². The number of ether oxygens (including phenoxy) is 2. The summed E-state index contributed by atoms with van der Waals surface area (Å²) in [6.45, 7) is 3.53. The van der Waals surface area contributed by atoms with Crippen LogP contribution in [0, 0.1) is 19.7 Å². The Morgan fingerprint density at radius 1 is 1.00 bits per heavy atom. The van der Waals surface area contributed by atoms with E-state index in [1.165, 1.54) is 12.1 Å². The molecule has 4 rings (SSSR count). The molecule has 0 amide bonds. The first-order valence-electron chi connectivity index (χ1n) is 9.06. The molecule has 0 N–H and O–H groups in total. The van der Waals surface area contributed by atoms with Gasteiger partial charge in [0.2, 0.25) is 5.78 Å². The van der Waals surface area contributed by atoms with E-state index in [0.29, 0.717) is 28.2 Å².